The molecular formula is C17H29N3O. The molecule has 4 heteroatoms. The number of amides is 1. The minimum atomic E-state index is 0.00620. The van der Waals surface area contributed by atoms with E-state index in [-0.39, 0.29) is 5.91 Å². The second-order valence-electron chi connectivity index (χ2n) is 5.79. The third-order valence-corrected chi connectivity index (χ3v) is 3.68. The normalized spacial score (nSPS) is 11.0. The number of carbonyl (C=O) groups excluding carboxylic acids is 1. The molecule has 0 aliphatic carbocycles. The SMILES string of the molecule is CCCNc1ccc(C(=O)NCCN(C)C(C)C)c(C)c1. The molecule has 2 N–H and O–H groups in total. The van der Waals surface area contributed by atoms with E-state index in [1.54, 1.807) is 0 Å². The van der Waals surface area contributed by atoms with Crippen molar-refractivity contribution >= 4 is 11.6 Å². The van der Waals surface area contributed by atoms with Crippen molar-refractivity contribution in [1.82, 2.24) is 10.2 Å². The smallest absolute Gasteiger partial charge is 0.251 e. The van der Waals surface area contributed by atoms with Crippen LogP contribution < -0.4 is 10.6 Å². The Balaban J connectivity index is 2.54. The summed E-state index contributed by atoms with van der Waals surface area (Å²) in [6, 6.07) is 6.39. The van der Waals surface area contributed by atoms with Gasteiger partial charge in [-0.25, -0.2) is 0 Å². The van der Waals surface area contributed by atoms with Crippen molar-refractivity contribution in [1.29, 1.82) is 0 Å². The molecule has 0 saturated heterocycles. The Labute approximate surface area is 128 Å². The van der Waals surface area contributed by atoms with Gasteiger partial charge in [0.05, 0.1) is 0 Å². The van der Waals surface area contributed by atoms with Gasteiger partial charge in [-0.1, -0.05) is 6.92 Å². The number of nitrogens with zero attached hydrogens (tertiary/aromatic N) is 1. The van der Waals surface area contributed by atoms with Crippen LogP contribution in [-0.4, -0.2) is 43.5 Å². The first-order valence-corrected chi connectivity index (χ1v) is 7.78. The predicted octanol–water partition coefficient (Wildman–Crippen LogP) is 2.89. The van der Waals surface area contributed by atoms with Crippen molar-refractivity contribution in [3.63, 3.8) is 0 Å². The Kier molecular flexibility index (Phi) is 7.23. The van der Waals surface area contributed by atoms with Gasteiger partial charge in [0, 0.05) is 36.9 Å². The fraction of sp³-hybridized carbons (Fsp3) is 0.588. The molecule has 0 aromatic heterocycles. The van der Waals surface area contributed by atoms with Gasteiger partial charge in [0.25, 0.3) is 5.91 Å². The van der Waals surface area contributed by atoms with Crippen LogP contribution in [0.25, 0.3) is 0 Å². The maximum absolute atomic E-state index is 12.2. The zero-order valence-corrected chi connectivity index (χ0v) is 14.0. The van der Waals surface area contributed by atoms with E-state index in [9.17, 15) is 4.79 Å². The first kappa shape index (κ1) is 17.5. The van der Waals surface area contributed by atoms with Crippen molar-refractivity contribution in [3.8, 4) is 0 Å². The van der Waals surface area contributed by atoms with E-state index in [1.807, 2.05) is 25.1 Å². The van der Waals surface area contributed by atoms with E-state index in [0.29, 0.717) is 12.6 Å². The molecular weight excluding hydrogens is 262 g/mol. The molecule has 1 aromatic rings. The van der Waals surface area contributed by atoms with Crippen LogP contribution in [0.2, 0.25) is 0 Å². The van der Waals surface area contributed by atoms with Gasteiger partial charge in [-0.05, 0) is 58.0 Å². The van der Waals surface area contributed by atoms with E-state index in [1.165, 1.54) is 0 Å². The molecule has 0 aliphatic heterocycles. The molecule has 0 aliphatic rings. The van der Waals surface area contributed by atoms with Gasteiger partial charge < -0.3 is 15.5 Å². The molecule has 0 unspecified atom stereocenters. The van der Waals surface area contributed by atoms with E-state index < -0.39 is 0 Å². The van der Waals surface area contributed by atoms with Gasteiger partial charge in [-0.15, -0.1) is 0 Å². The molecule has 0 atom stereocenters. The number of likely N-dealkylation sites (N-methyl/N-ethyl adjacent to an activating group) is 1. The summed E-state index contributed by atoms with van der Waals surface area (Å²) < 4.78 is 0. The molecule has 0 fully saturated rings. The van der Waals surface area contributed by atoms with Gasteiger partial charge in [0.15, 0.2) is 0 Å². The number of rotatable bonds is 8. The summed E-state index contributed by atoms with van der Waals surface area (Å²) in [6.45, 7) is 10.9. The Morgan fingerprint density at radius 2 is 2.00 bits per heavy atom. The lowest BCUT2D eigenvalue weighted by Crippen LogP contribution is -2.36. The number of nitrogens with one attached hydrogen (secondary N) is 2. The highest BCUT2D eigenvalue weighted by Crippen LogP contribution is 2.15. The number of carbonyl (C=O) groups is 1. The summed E-state index contributed by atoms with van der Waals surface area (Å²) in [7, 11) is 2.07. The molecule has 4 nitrogen and oxygen atoms in total. The quantitative estimate of drug-likeness (QED) is 0.774. The van der Waals surface area contributed by atoms with Gasteiger partial charge in [-0.3, -0.25) is 4.79 Å². The van der Waals surface area contributed by atoms with Gasteiger partial charge in [0.1, 0.15) is 0 Å². The summed E-state index contributed by atoms with van der Waals surface area (Å²) in [6.07, 6.45) is 1.09. The van der Waals surface area contributed by atoms with E-state index in [0.717, 1.165) is 36.3 Å². The standard InChI is InChI=1S/C17H29N3O/c1-6-9-18-15-7-8-16(14(4)12-15)17(21)19-10-11-20(5)13(2)3/h7-8,12-13,18H,6,9-11H2,1-5H3,(H,19,21). The average molecular weight is 291 g/mol. The number of hydrogen-bond acceptors (Lipinski definition) is 3. The average Bonchev–Trinajstić information content (AvgIpc) is 2.44. The molecule has 0 saturated carbocycles. The lowest BCUT2D eigenvalue weighted by molar-refractivity contribution is 0.0947. The van der Waals surface area contributed by atoms with Gasteiger partial charge >= 0.3 is 0 Å². The molecule has 1 aromatic carbocycles. The lowest BCUT2D eigenvalue weighted by Gasteiger charge is -2.21. The predicted molar refractivity (Wildman–Crippen MR) is 90.1 cm³/mol. The molecule has 0 bridgehead atoms. The zero-order chi connectivity index (χ0) is 15.8. The molecule has 0 heterocycles. The van der Waals surface area contributed by atoms with Crippen LogP contribution in [0, 0.1) is 6.92 Å². The zero-order valence-electron chi connectivity index (χ0n) is 14.0. The third kappa shape index (κ3) is 5.76. The number of hydrogen-bond donors (Lipinski definition) is 2. The van der Waals surface area contributed by atoms with Crippen LogP contribution in [0.15, 0.2) is 18.2 Å². The molecule has 0 radical (unpaired) electrons. The Hall–Kier alpha value is -1.55. The van der Waals surface area contributed by atoms with E-state index in [2.05, 4.69) is 43.4 Å². The first-order chi connectivity index (χ1) is 9.95. The van der Waals surface area contributed by atoms with Crippen LogP contribution in [0.3, 0.4) is 0 Å². The maximum Gasteiger partial charge on any atom is 0.251 e. The first-order valence-electron chi connectivity index (χ1n) is 7.78. The Morgan fingerprint density at radius 1 is 1.29 bits per heavy atom. The van der Waals surface area contributed by atoms with Crippen LogP contribution in [0.4, 0.5) is 5.69 Å². The van der Waals surface area contributed by atoms with Crippen molar-refractivity contribution in [2.24, 2.45) is 0 Å². The minimum Gasteiger partial charge on any atom is -0.385 e. The van der Waals surface area contributed by atoms with Crippen molar-refractivity contribution in [2.45, 2.75) is 40.2 Å². The third-order valence-electron chi connectivity index (χ3n) is 3.68. The van der Waals surface area contributed by atoms with Crippen LogP contribution in [-0.2, 0) is 0 Å². The summed E-state index contributed by atoms with van der Waals surface area (Å²) in [5.74, 6) is 0.00620. The Morgan fingerprint density at radius 3 is 2.57 bits per heavy atom. The van der Waals surface area contributed by atoms with E-state index >= 15 is 0 Å². The summed E-state index contributed by atoms with van der Waals surface area (Å²) in [5, 5.41) is 6.32. The summed E-state index contributed by atoms with van der Waals surface area (Å²) in [5.41, 5.74) is 2.83. The van der Waals surface area contributed by atoms with Crippen molar-refractivity contribution < 1.29 is 4.79 Å². The van der Waals surface area contributed by atoms with Crippen molar-refractivity contribution in [2.75, 3.05) is 32.0 Å². The second kappa shape index (κ2) is 8.67. The second-order valence-corrected chi connectivity index (χ2v) is 5.79. The number of benzene rings is 1. The van der Waals surface area contributed by atoms with Crippen molar-refractivity contribution in [3.05, 3.63) is 29.3 Å². The number of anilines is 1. The van der Waals surface area contributed by atoms with Crippen LogP contribution in [0.5, 0.6) is 0 Å². The fourth-order valence-corrected chi connectivity index (χ4v) is 2.00. The lowest BCUT2D eigenvalue weighted by atomic mass is 10.1. The molecule has 1 amide bonds. The monoisotopic (exact) mass is 291 g/mol. The largest absolute Gasteiger partial charge is 0.385 e. The highest BCUT2D eigenvalue weighted by Gasteiger charge is 2.10. The summed E-state index contributed by atoms with van der Waals surface area (Å²) >= 11 is 0. The molecule has 1 rings (SSSR count). The van der Waals surface area contributed by atoms with Gasteiger partial charge in [-0.2, -0.15) is 0 Å². The summed E-state index contributed by atoms with van der Waals surface area (Å²) in [4.78, 5) is 14.4. The maximum atomic E-state index is 12.2. The molecule has 21 heavy (non-hydrogen) atoms. The molecule has 118 valence electrons. The number of aryl methyl sites for hydroxylation is 1. The highest BCUT2D eigenvalue weighted by atomic mass is 16.1. The minimum absolute atomic E-state index is 0.00620. The molecule has 0 spiro atoms. The van der Waals surface area contributed by atoms with Crippen LogP contribution >= 0.6 is 0 Å². The Bertz CT molecular complexity index is 457. The van der Waals surface area contributed by atoms with E-state index in [4.69, 9.17) is 0 Å². The van der Waals surface area contributed by atoms with Crippen LogP contribution in [0.1, 0.15) is 43.1 Å². The highest BCUT2D eigenvalue weighted by molar-refractivity contribution is 5.96. The van der Waals surface area contributed by atoms with Gasteiger partial charge in [0.2, 0.25) is 0 Å². The fourth-order valence-electron chi connectivity index (χ4n) is 2.00. The topological polar surface area (TPSA) is 44.4 Å².